The Kier molecular flexibility index (Phi) is 6.25. The van der Waals surface area contributed by atoms with Crippen molar-refractivity contribution in [1.82, 2.24) is 4.90 Å². The molecular weight excluding hydrogens is 378 g/mol. The van der Waals surface area contributed by atoms with E-state index < -0.39 is 0 Å². The van der Waals surface area contributed by atoms with Gasteiger partial charge < -0.3 is 18.9 Å². The number of likely N-dealkylation sites (tertiary alicyclic amines) is 1. The van der Waals surface area contributed by atoms with Gasteiger partial charge in [0.25, 0.3) is 0 Å². The molecule has 2 heterocycles. The fourth-order valence-electron chi connectivity index (χ4n) is 3.80. The van der Waals surface area contributed by atoms with Crippen molar-refractivity contribution in [2.75, 3.05) is 26.5 Å². The normalized spacial score (nSPS) is 17.6. The summed E-state index contributed by atoms with van der Waals surface area (Å²) in [6.07, 6.45) is 2.16. The van der Waals surface area contributed by atoms with Gasteiger partial charge in [-0.05, 0) is 44.0 Å². The minimum atomic E-state index is 0.204. The van der Waals surface area contributed by atoms with Crippen molar-refractivity contribution in [1.29, 1.82) is 0 Å². The molecule has 0 amide bonds. The van der Waals surface area contributed by atoms with Crippen LogP contribution in [0, 0.1) is 0 Å². The SMILES string of the molecule is CCOc1ccccc1OC1CCN(Cc2cc(Cl)cc3c2OCOC3)CC1. The van der Waals surface area contributed by atoms with Crippen molar-refractivity contribution in [3.05, 3.63) is 52.5 Å². The molecule has 2 aliphatic heterocycles. The highest BCUT2D eigenvalue weighted by Gasteiger charge is 2.24. The summed E-state index contributed by atoms with van der Waals surface area (Å²) >= 11 is 6.29. The zero-order valence-corrected chi connectivity index (χ0v) is 16.9. The van der Waals surface area contributed by atoms with E-state index in [0.717, 1.165) is 65.9 Å². The summed E-state index contributed by atoms with van der Waals surface area (Å²) in [5.41, 5.74) is 2.16. The molecule has 0 N–H and O–H groups in total. The van der Waals surface area contributed by atoms with E-state index in [2.05, 4.69) is 4.90 Å². The molecule has 0 bridgehead atoms. The Morgan fingerprint density at radius 3 is 2.71 bits per heavy atom. The van der Waals surface area contributed by atoms with Crippen LogP contribution in [0.3, 0.4) is 0 Å². The molecule has 0 aliphatic carbocycles. The largest absolute Gasteiger partial charge is 0.490 e. The van der Waals surface area contributed by atoms with Gasteiger partial charge in [-0.3, -0.25) is 4.90 Å². The van der Waals surface area contributed by atoms with Crippen molar-refractivity contribution < 1.29 is 18.9 Å². The molecular formula is C22H26ClNO4. The molecule has 28 heavy (non-hydrogen) atoms. The summed E-state index contributed by atoms with van der Waals surface area (Å²) in [5.74, 6) is 2.58. The summed E-state index contributed by atoms with van der Waals surface area (Å²) < 4.78 is 23.0. The number of nitrogens with zero attached hydrogens (tertiary/aromatic N) is 1. The number of hydrogen-bond acceptors (Lipinski definition) is 5. The van der Waals surface area contributed by atoms with Crippen LogP contribution in [0.15, 0.2) is 36.4 Å². The van der Waals surface area contributed by atoms with E-state index in [0.29, 0.717) is 20.0 Å². The standard InChI is InChI=1S/C22H26ClNO4/c1-2-26-20-5-3-4-6-21(20)28-19-7-9-24(10-8-19)13-16-11-18(23)12-17-14-25-15-27-22(16)17/h3-6,11-12,19H,2,7-10,13-15H2,1H3. The van der Waals surface area contributed by atoms with Crippen LogP contribution in [0.1, 0.15) is 30.9 Å². The van der Waals surface area contributed by atoms with Gasteiger partial charge in [-0.25, -0.2) is 0 Å². The topological polar surface area (TPSA) is 40.2 Å². The van der Waals surface area contributed by atoms with Crippen molar-refractivity contribution >= 4 is 11.6 Å². The number of rotatable bonds is 6. The zero-order chi connectivity index (χ0) is 19.3. The Labute approximate surface area is 171 Å². The van der Waals surface area contributed by atoms with Crippen LogP contribution in [0.5, 0.6) is 17.2 Å². The first-order valence-electron chi connectivity index (χ1n) is 9.85. The van der Waals surface area contributed by atoms with E-state index in [1.807, 2.05) is 43.3 Å². The maximum atomic E-state index is 6.29. The van der Waals surface area contributed by atoms with Gasteiger partial charge in [-0.15, -0.1) is 0 Å². The van der Waals surface area contributed by atoms with Gasteiger partial charge in [-0.2, -0.15) is 0 Å². The Hall–Kier alpha value is -1.95. The fourth-order valence-corrected chi connectivity index (χ4v) is 4.07. The number of para-hydroxylation sites is 2. The Bertz CT molecular complexity index is 805. The van der Waals surface area contributed by atoms with Crippen LogP contribution in [-0.2, 0) is 17.9 Å². The van der Waals surface area contributed by atoms with Crippen LogP contribution in [-0.4, -0.2) is 37.5 Å². The van der Waals surface area contributed by atoms with E-state index in [1.54, 1.807) is 0 Å². The predicted octanol–water partition coefficient (Wildman–Crippen LogP) is 4.65. The Balaban J connectivity index is 1.36. The van der Waals surface area contributed by atoms with Gasteiger partial charge >= 0.3 is 0 Å². The number of piperidine rings is 1. The molecule has 5 nitrogen and oxygen atoms in total. The Morgan fingerprint density at radius 2 is 1.93 bits per heavy atom. The van der Waals surface area contributed by atoms with Crippen LogP contribution >= 0.6 is 11.6 Å². The minimum absolute atomic E-state index is 0.204. The fraction of sp³-hybridized carbons (Fsp3) is 0.455. The molecule has 0 saturated carbocycles. The monoisotopic (exact) mass is 403 g/mol. The lowest BCUT2D eigenvalue weighted by Crippen LogP contribution is -2.38. The maximum Gasteiger partial charge on any atom is 0.189 e. The molecule has 0 spiro atoms. The number of benzene rings is 2. The van der Waals surface area contributed by atoms with Crippen molar-refractivity contribution in [2.24, 2.45) is 0 Å². The van der Waals surface area contributed by atoms with Crippen molar-refractivity contribution in [2.45, 2.75) is 39.0 Å². The molecule has 0 atom stereocenters. The maximum absolute atomic E-state index is 6.29. The van der Waals surface area contributed by atoms with Crippen LogP contribution in [0.25, 0.3) is 0 Å². The van der Waals surface area contributed by atoms with Gasteiger partial charge in [0.15, 0.2) is 18.3 Å². The second-order valence-corrected chi connectivity index (χ2v) is 7.57. The smallest absolute Gasteiger partial charge is 0.189 e. The van der Waals surface area contributed by atoms with E-state index in [9.17, 15) is 0 Å². The second-order valence-electron chi connectivity index (χ2n) is 7.14. The van der Waals surface area contributed by atoms with Crippen molar-refractivity contribution in [3.63, 3.8) is 0 Å². The van der Waals surface area contributed by atoms with E-state index in [1.165, 1.54) is 0 Å². The zero-order valence-electron chi connectivity index (χ0n) is 16.2. The number of hydrogen-bond donors (Lipinski definition) is 0. The molecule has 1 fully saturated rings. The molecule has 2 aromatic carbocycles. The van der Waals surface area contributed by atoms with Crippen molar-refractivity contribution in [3.8, 4) is 17.2 Å². The highest BCUT2D eigenvalue weighted by molar-refractivity contribution is 6.30. The molecule has 4 rings (SSSR count). The van der Waals surface area contributed by atoms with E-state index in [4.69, 9.17) is 30.5 Å². The first-order valence-corrected chi connectivity index (χ1v) is 10.2. The summed E-state index contributed by atoms with van der Waals surface area (Å²) in [6, 6.07) is 11.8. The minimum Gasteiger partial charge on any atom is -0.490 e. The third-order valence-corrected chi connectivity index (χ3v) is 5.34. The lowest BCUT2D eigenvalue weighted by Gasteiger charge is -2.33. The molecule has 0 aromatic heterocycles. The molecule has 0 radical (unpaired) electrons. The van der Waals surface area contributed by atoms with Crippen LogP contribution in [0.2, 0.25) is 5.02 Å². The molecule has 2 aliphatic rings. The Morgan fingerprint density at radius 1 is 1.14 bits per heavy atom. The van der Waals surface area contributed by atoms with Crippen LogP contribution in [0.4, 0.5) is 0 Å². The third-order valence-electron chi connectivity index (χ3n) is 5.12. The molecule has 0 unspecified atom stereocenters. The van der Waals surface area contributed by atoms with Gasteiger partial charge in [0.2, 0.25) is 0 Å². The number of fused-ring (bicyclic) bond motifs is 1. The summed E-state index contributed by atoms with van der Waals surface area (Å²) in [7, 11) is 0. The quantitative estimate of drug-likeness (QED) is 0.702. The molecule has 6 heteroatoms. The first kappa shape index (κ1) is 19.4. The number of halogens is 1. The molecule has 2 aromatic rings. The summed E-state index contributed by atoms with van der Waals surface area (Å²) in [4.78, 5) is 2.43. The summed E-state index contributed by atoms with van der Waals surface area (Å²) in [6.45, 7) is 6.24. The molecule has 150 valence electrons. The van der Waals surface area contributed by atoms with E-state index >= 15 is 0 Å². The first-order chi connectivity index (χ1) is 13.7. The predicted molar refractivity (Wildman–Crippen MR) is 108 cm³/mol. The third kappa shape index (κ3) is 4.54. The van der Waals surface area contributed by atoms with Gasteiger partial charge in [0, 0.05) is 35.8 Å². The molecule has 1 saturated heterocycles. The lowest BCUT2D eigenvalue weighted by molar-refractivity contribution is -0.0176. The highest BCUT2D eigenvalue weighted by atomic mass is 35.5. The van der Waals surface area contributed by atoms with Crippen LogP contribution < -0.4 is 14.2 Å². The average molecular weight is 404 g/mol. The highest BCUT2D eigenvalue weighted by Crippen LogP contribution is 2.34. The van der Waals surface area contributed by atoms with Gasteiger partial charge in [0.05, 0.1) is 13.2 Å². The van der Waals surface area contributed by atoms with Gasteiger partial charge in [-0.1, -0.05) is 23.7 Å². The number of ether oxygens (including phenoxy) is 4. The van der Waals surface area contributed by atoms with E-state index in [-0.39, 0.29) is 6.10 Å². The lowest BCUT2D eigenvalue weighted by atomic mass is 10.0. The van der Waals surface area contributed by atoms with Gasteiger partial charge in [0.1, 0.15) is 11.9 Å². The summed E-state index contributed by atoms with van der Waals surface area (Å²) in [5, 5.41) is 0.730. The second kappa shape index (κ2) is 9.03. The average Bonchev–Trinajstić information content (AvgIpc) is 2.71.